The fourth-order valence-electron chi connectivity index (χ4n) is 1.96. The summed E-state index contributed by atoms with van der Waals surface area (Å²) in [7, 11) is 0. The minimum Gasteiger partial charge on any atom is -0.491 e. The highest BCUT2D eigenvalue weighted by Gasteiger charge is 2.24. The fraction of sp³-hybridized carbons (Fsp3) is 0.611. The van der Waals surface area contributed by atoms with E-state index in [1.165, 1.54) is 5.56 Å². The van der Waals surface area contributed by atoms with Crippen molar-refractivity contribution in [2.24, 2.45) is 0 Å². The van der Waals surface area contributed by atoms with Gasteiger partial charge in [0, 0.05) is 0 Å². The van der Waals surface area contributed by atoms with E-state index in [9.17, 15) is 5.26 Å². The third-order valence-corrected chi connectivity index (χ3v) is 4.06. The quantitative estimate of drug-likeness (QED) is 0.785. The van der Waals surface area contributed by atoms with Gasteiger partial charge in [0.05, 0.1) is 6.07 Å². The lowest BCUT2D eigenvalue weighted by Gasteiger charge is -2.25. The summed E-state index contributed by atoms with van der Waals surface area (Å²) < 4.78 is 5.78. The van der Waals surface area contributed by atoms with Gasteiger partial charge in [0.2, 0.25) is 0 Å². The summed E-state index contributed by atoms with van der Waals surface area (Å²) in [4.78, 5) is 0. The van der Waals surface area contributed by atoms with Crippen molar-refractivity contribution < 1.29 is 4.74 Å². The van der Waals surface area contributed by atoms with E-state index in [0.29, 0.717) is 6.61 Å². The van der Waals surface area contributed by atoms with Gasteiger partial charge in [0.1, 0.15) is 17.9 Å². The number of benzene rings is 1. The van der Waals surface area contributed by atoms with Crippen LogP contribution in [0.5, 0.6) is 5.75 Å². The monoisotopic (exact) mass is 288 g/mol. The van der Waals surface area contributed by atoms with E-state index in [2.05, 4.69) is 51.2 Å². The number of hydrogen-bond donors (Lipinski definition) is 1. The number of nitrogens with one attached hydrogen (secondary N) is 1. The van der Waals surface area contributed by atoms with Gasteiger partial charge >= 0.3 is 0 Å². The van der Waals surface area contributed by atoms with Crippen LogP contribution in [0.25, 0.3) is 0 Å². The van der Waals surface area contributed by atoms with Crippen LogP contribution in [0, 0.1) is 11.3 Å². The van der Waals surface area contributed by atoms with E-state index >= 15 is 0 Å². The van der Waals surface area contributed by atoms with Crippen LogP contribution in [0.3, 0.4) is 0 Å². The molecule has 116 valence electrons. The van der Waals surface area contributed by atoms with Crippen LogP contribution in [0.15, 0.2) is 24.3 Å². The lowest BCUT2D eigenvalue weighted by Crippen LogP contribution is -2.46. The molecule has 1 aromatic carbocycles. The van der Waals surface area contributed by atoms with Gasteiger partial charge in [-0.2, -0.15) is 5.26 Å². The van der Waals surface area contributed by atoms with Crippen molar-refractivity contribution in [1.29, 1.82) is 5.26 Å². The molecule has 0 aliphatic rings. The highest BCUT2D eigenvalue weighted by atomic mass is 16.5. The highest BCUT2D eigenvalue weighted by molar-refractivity contribution is 5.31. The molecule has 0 aliphatic heterocycles. The van der Waals surface area contributed by atoms with Crippen LogP contribution in [0.2, 0.25) is 0 Å². The number of nitriles is 1. The van der Waals surface area contributed by atoms with E-state index < -0.39 is 5.54 Å². The lowest BCUT2D eigenvalue weighted by atomic mass is 9.82. The summed E-state index contributed by atoms with van der Waals surface area (Å²) in [6.45, 7) is 11.8. The zero-order valence-corrected chi connectivity index (χ0v) is 14.0. The second-order valence-electron chi connectivity index (χ2n) is 6.42. The molecule has 0 spiro atoms. The van der Waals surface area contributed by atoms with Gasteiger partial charge in [-0.3, -0.25) is 5.32 Å². The van der Waals surface area contributed by atoms with Gasteiger partial charge in [-0.25, -0.2) is 0 Å². The van der Waals surface area contributed by atoms with Crippen LogP contribution in [-0.4, -0.2) is 18.7 Å². The van der Waals surface area contributed by atoms with Crippen LogP contribution in [0.1, 0.15) is 53.0 Å². The van der Waals surface area contributed by atoms with E-state index in [-0.39, 0.29) is 5.41 Å². The Balaban J connectivity index is 2.66. The smallest absolute Gasteiger partial charge is 0.138 e. The molecule has 1 aromatic rings. The Labute approximate surface area is 129 Å². The van der Waals surface area contributed by atoms with E-state index in [1.54, 1.807) is 0 Å². The predicted octanol–water partition coefficient (Wildman–Crippen LogP) is 4.03. The molecule has 0 aliphatic carbocycles. The van der Waals surface area contributed by atoms with Crippen LogP contribution in [-0.2, 0) is 5.41 Å². The van der Waals surface area contributed by atoms with E-state index in [4.69, 9.17) is 4.74 Å². The van der Waals surface area contributed by atoms with Crippen molar-refractivity contribution in [2.45, 2.75) is 58.4 Å². The molecule has 1 unspecified atom stereocenters. The molecule has 0 radical (unpaired) electrons. The first kappa shape index (κ1) is 17.5. The first-order valence-electron chi connectivity index (χ1n) is 7.76. The molecule has 21 heavy (non-hydrogen) atoms. The van der Waals surface area contributed by atoms with Crippen molar-refractivity contribution in [3.63, 3.8) is 0 Å². The highest BCUT2D eigenvalue weighted by Crippen LogP contribution is 2.28. The minimum atomic E-state index is -0.641. The molecule has 0 saturated carbocycles. The largest absolute Gasteiger partial charge is 0.491 e. The minimum absolute atomic E-state index is 0.183. The summed E-state index contributed by atoms with van der Waals surface area (Å²) in [6, 6.07) is 10.5. The van der Waals surface area contributed by atoms with Gasteiger partial charge in [0.15, 0.2) is 0 Å². The molecular weight excluding hydrogens is 260 g/mol. The molecule has 1 rings (SSSR count). The number of ether oxygens (including phenoxy) is 1. The van der Waals surface area contributed by atoms with Gasteiger partial charge in [-0.15, -0.1) is 0 Å². The number of rotatable bonds is 8. The summed E-state index contributed by atoms with van der Waals surface area (Å²) in [5.74, 6) is 0.811. The van der Waals surface area contributed by atoms with Crippen molar-refractivity contribution in [2.75, 3.05) is 13.2 Å². The zero-order valence-electron chi connectivity index (χ0n) is 14.0. The zero-order chi connectivity index (χ0) is 15.9. The summed E-state index contributed by atoms with van der Waals surface area (Å²) in [5.41, 5.74) is 0.851. The second-order valence-corrected chi connectivity index (χ2v) is 6.42. The molecule has 0 fully saturated rings. The Morgan fingerprint density at radius 3 is 2.24 bits per heavy atom. The van der Waals surface area contributed by atoms with Crippen LogP contribution in [0.4, 0.5) is 0 Å². The van der Waals surface area contributed by atoms with Crippen molar-refractivity contribution in [3.8, 4) is 11.8 Å². The molecule has 3 nitrogen and oxygen atoms in total. The summed E-state index contributed by atoms with van der Waals surface area (Å²) >= 11 is 0. The Morgan fingerprint density at radius 1 is 1.14 bits per heavy atom. The van der Waals surface area contributed by atoms with Gasteiger partial charge in [-0.1, -0.05) is 39.8 Å². The second kappa shape index (κ2) is 7.47. The molecule has 3 heteroatoms. The predicted molar refractivity (Wildman–Crippen MR) is 87.6 cm³/mol. The van der Waals surface area contributed by atoms with Crippen molar-refractivity contribution in [3.05, 3.63) is 29.8 Å². The molecule has 0 amide bonds. The average molecular weight is 288 g/mol. The maximum atomic E-state index is 9.28. The first-order valence-corrected chi connectivity index (χ1v) is 7.76. The third-order valence-electron chi connectivity index (χ3n) is 4.06. The lowest BCUT2D eigenvalue weighted by molar-refractivity contribution is 0.234. The van der Waals surface area contributed by atoms with Crippen molar-refractivity contribution >= 4 is 0 Å². The van der Waals surface area contributed by atoms with Gasteiger partial charge < -0.3 is 4.74 Å². The van der Waals surface area contributed by atoms with Gasteiger partial charge in [0.25, 0.3) is 0 Å². The fourth-order valence-corrected chi connectivity index (χ4v) is 1.96. The Hall–Kier alpha value is -1.53. The van der Waals surface area contributed by atoms with Crippen LogP contribution >= 0.6 is 0 Å². The van der Waals surface area contributed by atoms with Crippen molar-refractivity contribution in [1.82, 2.24) is 5.32 Å². The van der Waals surface area contributed by atoms with E-state index in [0.717, 1.165) is 25.1 Å². The third kappa shape index (κ3) is 5.06. The van der Waals surface area contributed by atoms with Crippen LogP contribution < -0.4 is 10.1 Å². The van der Waals surface area contributed by atoms with E-state index in [1.807, 2.05) is 19.1 Å². The standard InChI is InChI=1S/C18H28N2O/c1-6-12-20-18(5,13-19)14-21-16-10-8-15(9-11-16)17(3,4)7-2/h8-11,20H,6-7,12,14H2,1-5H3. The average Bonchev–Trinajstić information content (AvgIpc) is 2.51. The molecule has 1 atom stereocenters. The summed E-state index contributed by atoms with van der Waals surface area (Å²) in [5, 5.41) is 12.5. The topological polar surface area (TPSA) is 45.0 Å². The van der Waals surface area contributed by atoms with Gasteiger partial charge in [-0.05, 0) is 49.4 Å². The Morgan fingerprint density at radius 2 is 1.76 bits per heavy atom. The Kier molecular flexibility index (Phi) is 6.23. The molecule has 0 bridgehead atoms. The summed E-state index contributed by atoms with van der Waals surface area (Å²) in [6.07, 6.45) is 2.10. The molecular formula is C18H28N2O. The molecule has 0 heterocycles. The SMILES string of the molecule is CCCNC(C)(C#N)COc1ccc(C(C)(C)CC)cc1. The Bertz CT molecular complexity index is 473. The molecule has 0 saturated heterocycles. The first-order chi connectivity index (χ1) is 9.87. The maximum Gasteiger partial charge on any atom is 0.138 e. The molecule has 1 N–H and O–H groups in total. The molecule has 0 aromatic heterocycles. The number of hydrogen-bond acceptors (Lipinski definition) is 3. The number of nitrogens with zero attached hydrogens (tertiary/aromatic N) is 1. The normalized spacial score (nSPS) is 14.3. The maximum absolute atomic E-state index is 9.28.